The van der Waals surface area contributed by atoms with Gasteiger partial charge in [0, 0.05) is 17.5 Å². The zero-order chi connectivity index (χ0) is 12.1. The number of carbonyl (C=O) groups excluding carboxylic acids is 1. The van der Waals surface area contributed by atoms with Crippen LogP contribution in [0.25, 0.3) is 0 Å². The monoisotopic (exact) mass is 244 g/mol. The molecule has 0 saturated heterocycles. The minimum atomic E-state index is -1.14. The molecule has 0 aliphatic carbocycles. The summed E-state index contributed by atoms with van der Waals surface area (Å²) < 4.78 is 0. The number of aromatic nitrogens is 1. The number of pyridine rings is 1. The molecule has 0 saturated carbocycles. The maximum atomic E-state index is 10.9. The molecule has 0 aliphatic rings. The quantitative estimate of drug-likeness (QED) is 0.769. The van der Waals surface area contributed by atoms with Crippen molar-refractivity contribution in [3.05, 3.63) is 59.8 Å². The van der Waals surface area contributed by atoms with Crippen molar-refractivity contribution in [2.75, 3.05) is 0 Å². The summed E-state index contributed by atoms with van der Waals surface area (Å²) in [6.07, 6.45) is 1.72. The Bertz CT molecular complexity index is 514. The molecule has 0 unspecified atom stereocenters. The van der Waals surface area contributed by atoms with Crippen LogP contribution in [0, 0.1) is 0 Å². The lowest BCUT2D eigenvalue weighted by Gasteiger charge is -2.09. The van der Waals surface area contributed by atoms with Gasteiger partial charge >= 0.3 is 0 Å². The standard InChI is InChI=1S/C13H11NO2S/c15-13(16)11-6-2-1-5-10(11)9-17-12-7-3-4-8-14-12/h1-8H,9H2,(H,15,16)/p-1. The highest BCUT2D eigenvalue weighted by Gasteiger charge is 2.03. The largest absolute Gasteiger partial charge is 0.545 e. The summed E-state index contributed by atoms with van der Waals surface area (Å²) >= 11 is 1.50. The van der Waals surface area contributed by atoms with Gasteiger partial charge in [-0.2, -0.15) is 0 Å². The number of hydrogen-bond donors (Lipinski definition) is 0. The fraction of sp³-hybridized carbons (Fsp3) is 0.0769. The van der Waals surface area contributed by atoms with Crippen molar-refractivity contribution in [3.8, 4) is 0 Å². The summed E-state index contributed by atoms with van der Waals surface area (Å²) in [4.78, 5) is 15.1. The maximum absolute atomic E-state index is 10.9. The number of hydrogen-bond acceptors (Lipinski definition) is 4. The predicted octanol–water partition coefficient (Wildman–Crippen LogP) is 1.74. The second-order valence-electron chi connectivity index (χ2n) is 3.40. The van der Waals surface area contributed by atoms with E-state index in [1.54, 1.807) is 24.4 Å². The van der Waals surface area contributed by atoms with Gasteiger partial charge in [0.15, 0.2) is 0 Å². The van der Waals surface area contributed by atoms with Gasteiger partial charge in [-0.05, 0) is 17.7 Å². The molecule has 0 amide bonds. The highest BCUT2D eigenvalue weighted by Crippen LogP contribution is 2.22. The Hall–Kier alpha value is -1.81. The molecule has 2 aromatic rings. The molecule has 0 radical (unpaired) electrons. The molecule has 1 heterocycles. The van der Waals surface area contributed by atoms with Crippen molar-refractivity contribution in [1.29, 1.82) is 0 Å². The molecular formula is C13H10NO2S-. The van der Waals surface area contributed by atoms with Crippen LogP contribution >= 0.6 is 11.8 Å². The molecule has 0 spiro atoms. The third-order valence-corrected chi connectivity index (χ3v) is 3.24. The molecule has 86 valence electrons. The summed E-state index contributed by atoms with van der Waals surface area (Å²) in [6, 6.07) is 12.5. The van der Waals surface area contributed by atoms with Gasteiger partial charge in [0.1, 0.15) is 0 Å². The van der Waals surface area contributed by atoms with Gasteiger partial charge in [-0.3, -0.25) is 0 Å². The van der Waals surface area contributed by atoms with Gasteiger partial charge in [0.2, 0.25) is 0 Å². The highest BCUT2D eigenvalue weighted by molar-refractivity contribution is 7.98. The van der Waals surface area contributed by atoms with Crippen LogP contribution in [0.3, 0.4) is 0 Å². The first-order valence-corrected chi connectivity index (χ1v) is 6.09. The normalized spacial score (nSPS) is 10.1. The molecule has 0 bridgehead atoms. The van der Waals surface area contributed by atoms with E-state index in [2.05, 4.69) is 4.98 Å². The SMILES string of the molecule is O=C([O-])c1ccccc1CSc1ccccn1. The number of benzene rings is 1. The lowest BCUT2D eigenvalue weighted by atomic mass is 10.1. The minimum absolute atomic E-state index is 0.246. The Kier molecular flexibility index (Phi) is 3.77. The Morgan fingerprint density at radius 1 is 1.18 bits per heavy atom. The smallest absolute Gasteiger partial charge is 0.0963 e. The molecule has 0 aliphatic heterocycles. The highest BCUT2D eigenvalue weighted by atomic mass is 32.2. The lowest BCUT2D eigenvalue weighted by Crippen LogP contribution is -2.23. The van der Waals surface area contributed by atoms with Crippen LogP contribution in [-0.4, -0.2) is 11.0 Å². The van der Waals surface area contributed by atoms with E-state index in [0.717, 1.165) is 10.6 Å². The minimum Gasteiger partial charge on any atom is -0.545 e. The van der Waals surface area contributed by atoms with Crippen LogP contribution in [0.4, 0.5) is 0 Å². The van der Waals surface area contributed by atoms with Gasteiger partial charge < -0.3 is 9.90 Å². The molecule has 0 atom stereocenters. The molecule has 1 aromatic heterocycles. The number of carbonyl (C=O) groups is 1. The Morgan fingerprint density at radius 2 is 1.94 bits per heavy atom. The Morgan fingerprint density at radius 3 is 2.65 bits per heavy atom. The molecule has 0 fully saturated rings. The number of carboxylic acid groups (broad SMARTS) is 1. The van der Waals surface area contributed by atoms with Crippen LogP contribution in [0.15, 0.2) is 53.7 Å². The summed E-state index contributed by atoms with van der Waals surface area (Å²) in [5.74, 6) is -0.566. The summed E-state index contributed by atoms with van der Waals surface area (Å²) in [5, 5.41) is 11.8. The average molecular weight is 244 g/mol. The van der Waals surface area contributed by atoms with Crippen molar-refractivity contribution >= 4 is 17.7 Å². The Balaban J connectivity index is 2.12. The van der Waals surface area contributed by atoms with Gasteiger partial charge in [0.05, 0.1) is 11.0 Å². The number of carboxylic acids is 1. The summed E-state index contributed by atoms with van der Waals surface area (Å²) in [7, 11) is 0. The van der Waals surface area contributed by atoms with E-state index in [1.807, 2.05) is 24.3 Å². The summed E-state index contributed by atoms with van der Waals surface area (Å²) in [6.45, 7) is 0. The van der Waals surface area contributed by atoms with Crippen LogP contribution in [-0.2, 0) is 5.75 Å². The first kappa shape index (κ1) is 11.7. The van der Waals surface area contributed by atoms with E-state index < -0.39 is 5.97 Å². The molecule has 17 heavy (non-hydrogen) atoms. The molecule has 0 N–H and O–H groups in total. The van der Waals surface area contributed by atoms with Gasteiger partial charge in [-0.1, -0.05) is 30.3 Å². The van der Waals surface area contributed by atoms with Crippen LogP contribution in [0.5, 0.6) is 0 Å². The van der Waals surface area contributed by atoms with E-state index in [0.29, 0.717) is 5.75 Å². The lowest BCUT2D eigenvalue weighted by molar-refractivity contribution is -0.255. The molecule has 2 rings (SSSR count). The first-order valence-electron chi connectivity index (χ1n) is 5.10. The topological polar surface area (TPSA) is 53.0 Å². The zero-order valence-corrected chi connectivity index (χ0v) is 9.81. The van der Waals surface area contributed by atoms with E-state index in [4.69, 9.17) is 0 Å². The van der Waals surface area contributed by atoms with E-state index in [-0.39, 0.29) is 5.56 Å². The second-order valence-corrected chi connectivity index (χ2v) is 4.40. The van der Waals surface area contributed by atoms with Gasteiger partial charge in [-0.15, -0.1) is 11.8 Å². The van der Waals surface area contributed by atoms with Crippen molar-refractivity contribution < 1.29 is 9.90 Å². The predicted molar refractivity (Wildman–Crippen MR) is 64.6 cm³/mol. The average Bonchev–Trinajstić information content (AvgIpc) is 2.38. The van der Waals surface area contributed by atoms with E-state index in [9.17, 15) is 9.90 Å². The molecular weight excluding hydrogens is 234 g/mol. The second kappa shape index (κ2) is 5.50. The van der Waals surface area contributed by atoms with Crippen molar-refractivity contribution in [2.24, 2.45) is 0 Å². The van der Waals surface area contributed by atoms with Gasteiger partial charge in [-0.25, -0.2) is 4.98 Å². The van der Waals surface area contributed by atoms with E-state index >= 15 is 0 Å². The summed E-state index contributed by atoms with van der Waals surface area (Å²) in [5.41, 5.74) is 0.999. The van der Waals surface area contributed by atoms with Crippen molar-refractivity contribution in [2.45, 2.75) is 10.8 Å². The fourth-order valence-corrected chi connectivity index (χ4v) is 2.29. The van der Waals surface area contributed by atoms with E-state index in [1.165, 1.54) is 11.8 Å². The number of nitrogens with zero attached hydrogens (tertiary/aromatic N) is 1. The molecule has 1 aromatic carbocycles. The Labute approximate surface area is 104 Å². The maximum Gasteiger partial charge on any atom is 0.0963 e. The van der Waals surface area contributed by atoms with Gasteiger partial charge in [0.25, 0.3) is 0 Å². The third-order valence-electron chi connectivity index (χ3n) is 2.25. The number of aromatic carboxylic acids is 1. The van der Waals surface area contributed by atoms with Crippen LogP contribution in [0.1, 0.15) is 15.9 Å². The van der Waals surface area contributed by atoms with Crippen molar-refractivity contribution in [1.82, 2.24) is 4.98 Å². The molecule has 3 nitrogen and oxygen atoms in total. The number of thioether (sulfide) groups is 1. The zero-order valence-electron chi connectivity index (χ0n) is 9.00. The van der Waals surface area contributed by atoms with Crippen LogP contribution < -0.4 is 5.11 Å². The molecule has 4 heteroatoms. The fourth-order valence-electron chi connectivity index (χ4n) is 1.43. The number of rotatable bonds is 4. The third kappa shape index (κ3) is 3.07. The van der Waals surface area contributed by atoms with Crippen molar-refractivity contribution in [3.63, 3.8) is 0 Å². The first-order chi connectivity index (χ1) is 8.27. The van der Waals surface area contributed by atoms with Crippen LogP contribution in [0.2, 0.25) is 0 Å².